The van der Waals surface area contributed by atoms with Gasteiger partial charge in [-0.15, -0.1) is 11.3 Å². The maximum Gasteiger partial charge on any atom is 0.339 e. The Morgan fingerprint density at radius 1 is 1.09 bits per heavy atom. The lowest BCUT2D eigenvalue weighted by Gasteiger charge is -2.38. The van der Waals surface area contributed by atoms with Crippen LogP contribution in [0.25, 0.3) is 0 Å². The van der Waals surface area contributed by atoms with E-state index < -0.39 is 6.10 Å². The van der Waals surface area contributed by atoms with E-state index >= 15 is 0 Å². The Labute approximate surface area is 190 Å². The smallest absolute Gasteiger partial charge is 0.339 e. The van der Waals surface area contributed by atoms with Crippen LogP contribution in [0.5, 0.6) is 11.5 Å². The molecule has 7 heteroatoms. The van der Waals surface area contributed by atoms with Crippen molar-refractivity contribution in [1.29, 1.82) is 0 Å². The number of hydrogen-bond donors (Lipinski definition) is 0. The minimum atomic E-state index is -0.554. The molecule has 0 N–H and O–H groups in total. The summed E-state index contributed by atoms with van der Waals surface area (Å²) >= 11 is 1.62. The molecule has 3 aromatic rings. The Bertz CT molecular complexity index is 1170. The molecule has 2 aromatic carbocycles. The van der Waals surface area contributed by atoms with Crippen molar-refractivity contribution in [3.63, 3.8) is 0 Å². The van der Waals surface area contributed by atoms with Gasteiger partial charge in [0.05, 0.1) is 32.2 Å². The largest absolute Gasteiger partial charge is 0.493 e. The number of esters is 1. The van der Waals surface area contributed by atoms with Crippen LogP contribution < -0.4 is 9.47 Å². The third-order valence-corrected chi connectivity index (χ3v) is 7.07. The van der Waals surface area contributed by atoms with Crippen LogP contribution in [0.15, 0.2) is 53.9 Å². The van der Waals surface area contributed by atoms with Crippen LogP contribution in [0.2, 0.25) is 0 Å². The number of thiophene rings is 1. The molecule has 3 heterocycles. The molecule has 2 atom stereocenters. The first-order valence-corrected chi connectivity index (χ1v) is 11.4. The van der Waals surface area contributed by atoms with E-state index in [1.165, 1.54) is 0 Å². The lowest BCUT2D eigenvalue weighted by Crippen LogP contribution is -2.40. The van der Waals surface area contributed by atoms with Gasteiger partial charge in [0, 0.05) is 17.0 Å². The van der Waals surface area contributed by atoms with Gasteiger partial charge in [-0.1, -0.05) is 24.3 Å². The molecule has 6 nitrogen and oxygen atoms in total. The predicted molar refractivity (Wildman–Crippen MR) is 120 cm³/mol. The summed E-state index contributed by atoms with van der Waals surface area (Å²) in [6, 6.07) is 15.1. The normalized spacial score (nSPS) is 19.2. The predicted octanol–water partition coefficient (Wildman–Crippen LogP) is 4.54. The van der Waals surface area contributed by atoms with Crippen molar-refractivity contribution in [3.05, 3.63) is 81.0 Å². The number of amides is 1. The summed E-state index contributed by atoms with van der Waals surface area (Å²) in [5.74, 6) is 0.915. The summed E-state index contributed by atoms with van der Waals surface area (Å²) in [5, 5.41) is 2.02. The minimum absolute atomic E-state index is 0.0432. The molecule has 0 unspecified atom stereocenters. The summed E-state index contributed by atoms with van der Waals surface area (Å²) in [4.78, 5) is 28.7. The number of fused-ring (bicyclic) bond motifs is 2. The Hall–Kier alpha value is -3.32. The third-order valence-electron chi connectivity index (χ3n) is 6.14. The van der Waals surface area contributed by atoms with E-state index in [9.17, 15) is 9.59 Å². The Kier molecular flexibility index (Phi) is 5.35. The number of rotatable bonds is 5. The van der Waals surface area contributed by atoms with E-state index in [-0.39, 0.29) is 24.3 Å². The highest BCUT2D eigenvalue weighted by atomic mass is 32.1. The summed E-state index contributed by atoms with van der Waals surface area (Å²) in [7, 11) is 3.24. The van der Waals surface area contributed by atoms with Crippen LogP contribution >= 0.6 is 11.3 Å². The second kappa shape index (κ2) is 8.31. The first-order chi connectivity index (χ1) is 15.6. The monoisotopic (exact) mass is 449 g/mol. The standard InChI is InChI=1S/C25H23NO5S/c1-29-20-12-15-9-10-26(24(22-8-5-11-32-22)18(15)13-21(20)30-2)23(27)14-19-16-6-3-4-7-17(16)25(28)31-19/h3-8,11-13,19,24H,9-10,14H2,1-2H3/t19-,24+/m0/s1. The van der Waals surface area contributed by atoms with Crippen LogP contribution in [0.3, 0.4) is 0 Å². The van der Waals surface area contributed by atoms with Crippen LogP contribution in [0, 0.1) is 0 Å². The van der Waals surface area contributed by atoms with Gasteiger partial charge in [0.1, 0.15) is 6.10 Å². The zero-order valence-electron chi connectivity index (χ0n) is 17.9. The topological polar surface area (TPSA) is 65.1 Å². The number of methoxy groups -OCH3 is 2. The minimum Gasteiger partial charge on any atom is -0.493 e. The average Bonchev–Trinajstić information content (AvgIpc) is 3.46. The van der Waals surface area contributed by atoms with E-state index in [4.69, 9.17) is 14.2 Å². The molecule has 164 valence electrons. The fraction of sp³-hybridized carbons (Fsp3) is 0.280. The van der Waals surface area contributed by atoms with Crippen molar-refractivity contribution < 1.29 is 23.8 Å². The van der Waals surface area contributed by atoms with Crippen molar-refractivity contribution >= 4 is 23.2 Å². The summed E-state index contributed by atoms with van der Waals surface area (Å²) in [5.41, 5.74) is 3.50. The molecule has 5 rings (SSSR count). The molecule has 2 aliphatic rings. The lowest BCUT2D eigenvalue weighted by molar-refractivity contribution is -0.135. The fourth-order valence-electron chi connectivity index (χ4n) is 4.62. The molecule has 0 saturated heterocycles. The molecular weight excluding hydrogens is 426 g/mol. The van der Waals surface area contributed by atoms with Crippen molar-refractivity contribution in [2.45, 2.75) is 25.0 Å². The highest BCUT2D eigenvalue weighted by molar-refractivity contribution is 7.10. The van der Waals surface area contributed by atoms with Gasteiger partial charge in [0.2, 0.25) is 5.91 Å². The van der Waals surface area contributed by atoms with Gasteiger partial charge in [-0.25, -0.2) is 4.79 Å². The third kappa shape index (κ3) is 3.42. The highest BCUT2D eigenvalue weighted by Crippen LogP contribution is 2.43. The number of benzene rings is 2. The van der Waals surface area contributed by atoms with E-state index in [1.54, 1.807) is 37.7 Å². The van der Waals surface area contributed by atoms with Crippen LogP contribution in [-0.2, 0) is 16.0 Å². The van der Waals surface area contributed by atoms with Crippen LogP contribution in [0.1, 0.15) is 50.5 Å². The first-order valence-electron chi connectivity index (χ1n) is 10.5. The van der Waals surface area contributed by atoms with E-state index in [2.05, 4.69) is 0 Å². The number of carbonyl (C=O) groups excluding carboxylic acids is 2. The zero-order valence-corrected chi connectivity index (χ0v) is 18.7. The van der Waals surface area contributed by atoms with E-state index in [0.29, 0.717) is 30.0 Å². The van der Waals surface area contributed by atoms with Gasteiger partial charge in [0.25, 0.3) is 0 Å². The van der Waals surface area contributed by atoms with Gasteiger partial charge < -0.3 is 19.1 Å². The van der Waals surface area contributed by atoms with Crippen LogP contribution in [-0.4, -0.2) is 37.5 Å². The molecule has 0 bridgehead atoms. The molecular formula is C25H23NO5S. The zero-order chi connectivity index (χ0) is 22.2. The second-order valence-corrected chi connectivity index (χ2v) is 8.83. The summed E-state index contributed by atoms with van der Waals surface area (Å²) in [6.07, 6.45) is 0.277. The summed E-state index contributed by atoms with van der Waals surface area (Å²) < 4.78 is 16.6. The van der Waals surface area contributed by atoms with Crippen LogP contribution in [0.4, 0.5) is 0 Å². The van der Waals surface area contributed by atoms with Crippen molar-refractivity contribution in [3.8, 4) is 11.5 Å². The number of hydrogen-bond acceptors (Lipinski definition) is 6. The average molecular weight is 450 g/mol. The van der Waals surface area contributed by atoms with Crippen molar-refractivity contribution in [1.82, 2.24) is 4.90 Å². The molecule has 0 radical (unpaired) electrons. The maximum atomic E-state index is 13.5. The number of carbonyl (C=O) groups is 2. The maximum absolute atomic E-state index is 13.5. The molecule has 1 amide bonds. The number of cyclic esters (lactones) is 1. The molecule has 0 aliphatic carbocycles. The molecule has 32 heavy (non-hydrogen) atoms. The van der Waals surface area contributed by atoms with Crippen molar-refractivity contribution in [2.24, 2.45) is 0 Å². The van der Waals surface area contributed by atoms with Gasteiger partial charge in [-0.2, -0.15) is 0 Å². The van der Waals surface area contributed by atoms with Crippen molar-refractivity contribution in [2.75, 3.05) is 20.8 Å². The Balaban J connectivity index is 1.49. The number of nitrogens with zero attached hydrogens (tertiary/aromatic N) is 1. The molecule has 0 saturated carbocycles. The van der Waals surface area contributed by atoms with E-state index in [0.717, 1.165) is 21.6 Å². The van der Waals surface area contributed by atoms with E-state index in [1.807, 2.05) is 46.7 Å². The van der Waals surface area contributed by atoms with Gasteiger partial charge in [-0.3, -0.25) is 4.79 Å². The Morgan fingerprint density at radius 3 is 2.62 bits per heavy atom. The van der Waals surface area contributed by atoms with Gasteiger partial charge in [0.15, 0.2) is 11.5 Å². The fourth-order valence-corrected chi connectivity index (χ4v) is 5.47. The lowest BCUT2D eigenvalue weighted by atomic mass is 9.90. The molecule has 1 aromatic heterocycles. The second-order valence-electron chi connectivity index (χ2n) is 7.85. The van der Waals surface area contributed by atoms with Gasteiger partial charge >= 0.3 is 5.97 Å². The molecule has 0 fully saturated rings. The molecule has 0 spiro atoms. The van der Waals surface area contributed by atoms with Gasteiger partial charge in [-0.05, 0) is 47.2 Å². The summed E-state index contributed by atoms with van der Waals surface area (Å²) in [6.45, 7) is 0.576. The quantitative estimate of drug-likeness (QED) is 0.535. The highest BCUT2D eigenvalue weighted by Gasteiger charge is 2.38. The Morgan fingerprint density at radius 2 is 1.88 bits per heavy atom. The first kappa shape index (κ1) is 20.6. The molecule has 2 aliphatic heterocycles. The SMILES string of the molecule is COc1cc2c(cc1OC)[C@H](c1cccs1)N(C(=O)C[C@@H]1OC(=O)c3ccccc31)CC2. The number of ether oxygens (including phenoxy) is 3.